The summed E-state index contributed by atoms with van der Waals surface area (Å²) in [6.45, 7) is 4.88. The molecule has 2 amide bonds. The second-order valence-corrected chi connectivity index (χ2v) is 6.05. The van der Waals surface area contributed by atoms with Gasteiger partial charge in [0.2, 0.25) is 0 Å². The van der Waals surface area contributed by atoms with E-state index in [0.29, 0.717) is 0 Å². The molecule has 0 spiro atoms. The number of amides is 2. The number of urea groups is 1. The van der Waals surface area contributed by atoms with Crippen molar-refractivity contribution >= 4 is 17.7 Å². The smallest absolute Gasteiger partial charge is 0.338 e. The minimum atomic E-state index is -1.09. The second-order valence-electron chi connectivity index (χ2n) is 6.05. The summed E-state index contributed by atoms with van der Waals surface area (Å²) in [7, 11) is 2.73. The van der Waals surface area contributed by atoms with Crippen LogP contribution in [0, 0.1) is 10.1 Å². The topological polar surface area (TPSA) is 129 Å². The molecule has 10 heteroatoms. The Labute approximate surface area is 155 Å². The van der Waals surface area contributed by atoms with Gasteiger partial charge in [-0.15, -0.1) is 0 Å². The van der Waals surface area contributed by atoms with Gasteiger partial charge in [-0.05, 0) is 26.8 Å². The Hall–Kier alpha value is -3.30. The molecule has 146 valence electrons. The lowest BCUT2D eigenvalue weighted by Gasteiger charge is -2.28. The molecule has 0 radical (unpaired) electrons. The van der Waals surface area contributed by atoms with E-state index >= 15 is 0 Å². The van der Waals surface area contributed by atoms with Gasteiger partial charge in [-0.1, -0.05) is 0 Å². The number of nitro benzene ring substituents is 1. The third-order valence-corrected chi connectivity index (χ3v) is 3.87. The van der Waals surface area contributed by atoms with Crippen molar-refractivity contribution in [2.75, 3.05) is 14.2 Å². The van der Waals surface area contributed by atoms with Crippen LogP contribution in [0.2, 0.25) is 0 Å². The van der Waals surface area contributed by atoms with Crippen LogP contribution in [-0.2, 0) is 9.53 Å². The molecule has 1 atom stereocenters. The quantitative estimate of drug-likeness (QED) is 0.440. The number of nitrogens with one attached hydrogen (secondary N) is 2. The molecule has 0 aromatic heterocycles. The van der Waals surface area contributed by atoms with E-state index in [1.54, 1.807) is 13.8 Å². The lowest BCUT2D eigenvalue weighted by atomic mass is 9.93. The van der Waals surface area contributed by atoms with Gasteiger partial charge in [0.25, 0.3) is 5.69 Å². The molecule has 0 saturated heterocycles. The summed E-state index contributed by atoms with van der Waals surface area (Å²) >= 11 is 0. The second kappa shape index (κ2) is 7.94. The highest BCUT2D eigenvalue weighted by molar-refractivity contribution is 5.95. The van der Waals surface area contributed by atoms with Gasteiger partial charge in [0, 0.05) is 5.70 Å². The summed E-state index contributed by atoms with van der Waals surface area (Å²) < 4.78 is 15.5. The average Bonchev–Trinajstić information content (AvgIpc) is 2.58. The molecule has 0 fully saturated rings. The summed E-state index contributed by atoms with van der Waals surface area (Å²) in [6.07, 6.45) is -0.406. The number of benzene rings is 1. The van der Waals surface area contributed by atoms with E-state index in [0.717, 1.165) is 0 Å². The zero-order chi connectivity index (χ0) is 20.3. The number of methoxy groups -OCH3 is 2. The van der Waals surface area contributed by atoms with Crippen molar-refractivity contribution in [2.24, 2.45) is 0 Å². The summed E-state index contributed by atoms with van der Waals surface area (Å²) in [5.41, 5.74) is 0.0576. The Morgan fingerprint density at radius 1 is 1.22 bits per heavy atom. The summed E-state index contributed by atoms with van der Waals surface area (Å²) in [5.74, 6) is -0.315. The van der Waals surface area contributed by atoms with E-state index < -0.39 is 29.1 Å². The zero-order valence-corrected chi connectivity index (χ0v) is 15.6. The lowest BCUT2D eigenvalue weighted by Crippen LogP contribution is -2.45. The van der Waals surface area contributed by atoms with Crippen LogP contribution in [-0.4, -0.2) is 37.2 Å². The van der Waals surface area contributed by atoms with Crippen LogP contribution in [0.5, 0.6) is 11.5 Å². The summed E-state index contributed by atoms with van der Waals surface area (Å²) in [5, 5.41) is 16.6. The fourth-order valence-corrected chi connectivity index (χ4v) is 2.75. The fourth-order valence-electron chi connectivity index (χ4n) is 2.75. The minimum absolute atomic E-state index is 0.0682. The maximum atomic E-state index is 12.6. The third-order valence-electron chi connectivity index (χ3n) is 3.87. The molecule has 1 unspecified atom stereocenters. The number of nitrogens with zero attached hydrogens (tertiary/aromatic N) is 1. The summed E-state index contributed by atoms with van der Waals surface area (Å²) in [4.78, 5) is 35.5. The molecule has 10 nitrogen and oxygen atoms in total. The van der Waals surface area contributed by atoms with Crippen LogP contribution in [0.25, 0.3) is 0 Å². The number of nitro groups is 1. The standard InChI is InChI=1S/C17H21N3O7/c1-8(2)27-16(21)14-9(3)18-17(22)19-15(14)10-6-12(25-4)13(26-5)7-11(10)20(23)24/h6-8,15H,1-5H3,(H2,18,19,22). The molecule has 2 rings (SSSR count). The van der Waals surface area contributed by atoms with E-state index in [9.17, 15) is 19.7 Å². The molecule has 2 N–H and O–H groups in total. The van der Waals surface area contributed by atoms with Crippen molar-refractivity contribution in [2.45, 2.75) is 32.9 Å². The number of esters is 1. The first kappa shape index (κ1) is 20.0. The van der Waals surface area contributed by atoms with Gasteiger partial charge in [-0.2, -0.15) is 0 Å². The highest BCUT2D eigenvalue weighted by Gasteiger charge is 2.37. The molecule has 1 aromatic carbocycles. The SMILES string of the molecule is COc1cc(C2NC(=O)NC(C)=C2C(=O)OC(C)C)c([N+](=O)[O-])cc1OC. The highest BCUT2D eigenvalue weighted by atomic mass is 16.6. The van der Waals surface area contributed by atoms with E-state index in [4.69, 9.17) is 14.2 Å². The van der Waals surface area contributed by atoms with Crippen molar-refractivity contribution in [3.8, 4) is 11.5 Å². The predicted molar refractivity (Wildman–Crippen MR) is 94.5 cm³/mol. The normalized spacial score (nSPS) is 16.5. The van der Waals surface area contributed by atoms with E-state index in [1.807, 2.05) is 0 Å². The van der Waals surface area contributed by atoms with Crippen LogP contribution in [0.1, 0.15) is 32.4 Å². The Kier molecular flexibility index (Phi) is 5.88. The largest absolute Gasteiger partial charge is 0.493 e. The molecule has 27 heavy (non-hydrogen) atoms. The fraction of sp³-hybridized carbons (Fsp3) is 0.412. The van der Waals surface area contributed by atoms with Gasteiger partial charge >= 0.3 is 12.0 Å². The van der Waals surface area contributed by atoms with Gasteiger partial charge in [-0.25, -0.2) is 9.59 Å². The van der Waals surface area contributed by atoms with Gasteiger partial charge in [0.15, 0.2) is 11.5 Å². The van der Waals surface area contributed by atoms with Crippen molar-refractivity contribution in [1.82, 2.24) is 10.6 Å². The molecular weight excluding hydrogens is 358 g/mol. The molecule has 1 heterocycles. The lowest BCUT2D eigenvalue weighted by molar-refractivity contribution is -0.385. The Balaban J connectivity index is 2.68. The summed E-state index contributed by atoms with van der Waals surface area (Å²) in [6, 6.07) is 0.861. The highest BCUT2D eigenvalue weighted by Crippen LogP contribution is 2.40. The number of allylic oxidation sites excluding steroid dienone is 1. The van der Waals surface area contributed by atoms with Crippen molar-refractivity contribution in [3.63, 3.8) is 0 Å². The minimum Gasteiger partial charge on any atom is -0.493 e. The van der Waals surface area contributed by atoms with Crippen LogP contribution in [0.15, 0.2) is 23.4 Å². The maximum Gasteiger partial charge on any atom is 0.338 e. The van der Waals surface area contributed by atoms with Gasteiger partial charge in [0.05, 0.1) is 48.5 Å². The zero-order valence-electron chi connectivity index (χ0n) is 15.6. The van der Waals surface area contributed by atoms with Gasteiger partial charge in [-0.3, -0.25) is 10.1 Å². The van der Waals surface area contributed by atoms with Gasteiger partial charge in [0.1, 0.15) is 0 Å². The Morgan fingerprint density at radius 3 is 2.33 bits per heavy atom. The molecule has 1 aliphatic heterocycles. The molecule has 1 aliphatic rings. The van der Waals surface area contributed by atoms with Crippen LogP contribution < -0.4 is 20.1 Å². The number of carbonyl (C=O) groups excluding carboxylic acids is 2. The Bertz CT molecular complexity index is 817. The molecule has 1 aromatic rings. The van der Waals surface area contributed by atoms with Crippen LogP contribution >= 0.6 is 0 Å². The molecule has 0 aliphatic carbocycles. The van der Waals surface area contributed by atoms with Crippen molar-refractivity contribution < 1.29 is 28.7 Å². The number of rotatable bonds is 6. The number of ether oxygens (including phenoxy) is 3. The van der Waals surface area contributed by atoms with Gasteiger partial charge < -0.3 is 24.8 Å². The number of carbonyl (C=O) groups is 2. The van der Waals surface area contributed by atoms with E-state index in [-0.39, 0.29) is 34.0 Å². The van der Waals surface area contributed by atoms with E-state index in [2.05, 4.69) is 10.6 Å². The first-order valence-electron chi connectivity index (χ1n) is 8.09. The first-order chi connectivity index (χ1) is 12.7. The third kappa shape index (κ3) is 4.10. The number of hydrogen-bond acceptors (Lipinski definition) is 7. The molecule has 0 saturated carbocycles. The molecule has 0 bridgehead atoms. The first-order valence-corrected chi connectivity index (χ1v) is 8.09. The predicted octanol–water partition coefficient (Wildman–Crippen LogP) is 2.19. The average molecular weight is 379 g/mol. The monoisotopic (exact) mass is 379 g/mol. The Morgan fingerprint density at radius 2 is 1.81 bits per heavy atom. The van der Waals surface area contributed by atoms with Crippen LogP contribution in [0.3, 0.4) is 0 Å². The number of hydrogen-bond donors (Lipinski definition) is 2. The van der Waals surface area contributed by atoms with E-state index in [1.165, 1.54) is 33.3 Å². The maximum absolute atomic E-state index is 12.6. The molecular formula is C17H21N3O7. The van der Waals surface area contributed by atoms with Crippen molar-refractivity contribution in [3.05, 3.63) is 39.1 Å². The van der Waals surface area contributed by atoms with Crippen LogP contribution in [0.4, 0.5) is 10.5 Å². The van der Waals surface area contributed by atoms with Crippen molar-refractivity contribution in [1.29, 1.82) is 0 Å².